The van der Waals surface area contributed by atoms with E-state index < -0.39 is 0 Å². The molecule has 1 aliphatic rings. The lowest BCUT2D eigenvalue weighted by Crippen LogP contribution is -2.36. The fourth-order valence-corrected chi connectivity index (χ4v) is 1.66. The predicted molar refractivity (Wildman–Crippen MR) is 50.1 cm³/mol. The van der Waals surface area contributed by atoms with Crippen LogP contribution in [0.15, 0.2) is 0 Å². The Hall–Kier alpha value is -0.610. The molecule has 0 aromatic rings. The summed E-state index contributed by atoms with van der Waals surface area (Å²) in [6.07, 6.45) is 2.52. The van der Waals surface area contributed by atoms with E-state index in [2.05, 4.69) is 4.90 Å². The molecule has 0 aliphatic carbocycles. The monoisotopic (exact) mass is 186 g/mol. The molecule has 0 saturated carbocycles. The number of carbonyl (C=O) groups is 1. The van der Waals surface area contributed by atoms with Gasteiger partial charge in [0.15, 0.2) is 0 Å². The molecule has 1 aliphatic heterocycles. The predicted octanol–water partition coefficient (Wildman–Crippen LogP) is -0.434. The summed E-state index contributed by atoms with van der Waals surface area (Å²) >= 11 is 0. The Morgan fingerprint density at radius 2 is 2.08 bits per heavy atom. The molecule has 1 heterocycles. The van der Waals surface area contributed by atoms with Gasteiger partial charge < -0.3 is 15.7 Å². The summed E-state index contributed by atoms with van der Waals surface area (Å²) < 4.78 is 0. The van der Waals surface area contributed by atoms with E-state index in [-0.39, 0.29) is 5.91 Å². The Morgan fingerprint density at radius 3 is 2.54 bits per heavy atom. The number of primary amides is 1. The van der Waals surface area contributed by atoms with Crippen LogP contribution in [0.1, 0.15) is 19.3 Å². The Labute approximate surface area is 78.7 Å². The van der Waals surface area contributed by atoms with Crippen molar-refractivity contribution in [2.75, 3.05) is 26.2 Å². The maximum atomic E-state index is 10.5. The van der Waals surface area contributed by atoms with Gasteiger partial charge in [-0.1, -0.05) is 0 Å². The molecule has 1 fully saturated rings. The summed E-state index contributed by atoms with van der Waals surface area (Å²) in [5.41, 5.74) is 5.06. The zero-order valence-electron chi connectivity index (χ0n) is 7.91. The van der Waals surface area contributed by atoms with Gasteiger partial charge in [-0.15, -0.1) is 0 Å². The highest BCUT2D eigenvalue weighted by Gasteiger charge is 2.18. The molecule has 1 rings (SSSR count). The summed E-state index contributed by atoms with van der Waals surface area (Å²) in [6.45, 7) is 3.04. The number of aliphatic hydroxyl groups is 1. The summed E-state index contributed by atoms with van der Waals surface area (Å²) in [4.78, 5) is 12.8. The summed E-state index contributed by atoms with van der Waals surface area (Å²) in [6, 6.07) is 0. The Balaban J connectivity index is 2.14. The van der Waals surface area contributed by atoms with Crippen LogP contribution < -0.4 is 5.73 Å². The van der Waals surface area contributed by atoms with Gasteiger partial charge in [0, 0.05) is 19.6 Å². The van der Waals surface area contributed by atoms with Crippen LogP contribution in [0.25, 0.3) is 0 Å². The minimum atomic E-state index is -0.232. The molecule has 0 bridgehead atoms. The van der Waals surface area contributed by atoms with Crippen molar-refractivity contribution >= 4 is 5.91 Å². The Morgan fingerprint density at radius 1 is 1.46 bits per heavy atom. The molecule has 0 spiro atoms. The number of aliphatic hydroxyl groups excluding tert-OH is 1. The Bertz CT molecular complexity index is 165. The van der Waals surface area contributed by atoms with Crippen molar-refractivity contribution in [1.29, 1.82) is 0 Å². The highest BCUT2D eigenvalue weighted by molar-refractivity contribution is 5.73. The second-order valence-corrected chi connectivity index (χ2v) is 3.68. The number of nitrogens with zero attached hydrogens (tertiary/aromatic N) is 1. The van der Waals surface area contributed by atoms with E-state index in [0.717, 1.165) is 32.5 Å². The standard InChI is InChI=1S/C9H18N2O2/c10-9(13)3-6-11-4-1-8(7-12)2-5-11/h8,12H,1-7H2,(H2,10,13). The second kappa shape index (κ2) is 5.19. The van der Waals surface area contributed by atoms with Crippen molar-refractivity contribution in [3.05, 3.63) is 0 Å². The van der Waals surface area contributed by atoms with Crippen molar-refractivity contribution < 1.29 is 9.90 Å². The molecule has 0 unspecified atom stereocenters. The average Bonchev–Trinajstić information content (AvgIpc) is 2.15. The second-order valence-electron chi connectivity index (χ2n) is 3.68. The van der Waals surface area contributed by atoms with Gasteiger partial charge in [-0.25, -0.2) is 0 Å². The van der Waals surface area contributed by atoms with Gasteiger partial charge in [0.05, 0.1) is 0 Å². The van der Waals surface area contributed by atoms with Gasteiger partial charge in [-0.2, -0.15) is 0 Å². The highest BCUT2D eigenvalue weighted by Crippen LogP contribution is 2.15. The van der Waals surface area contributed by atoms with Gasteiger partial charge in [0.1, 0.15) is 0 Å². The molecule has 76 valence electrons. The fourth-order valence-electron chi connectivity index (χ4n) is 1.66. The van der Waals surface area contributed by atoms with Crippen molar-refractivity contribution in [3.8, 4) is 0 Å². The normalized spacial score (nSPS) is 20.4. The lowest BCUT2D eigenvalue weighted by atomic mass is 9.98. The van der Waals surface area contributed by atoms with E-state index in [1.54, 1.807) is 0 Å². The molecular formula is C9H18N2O2. The molecule has 0 radical (unpaired) electrons. The van der Waals surface area contributed by atoms with Crippen molar-refractivity contribution in [2.24, 2.45) is 11.7 Å². The van der Waals surface area contributed by atoms with Crippen molar-refractivity contribution in [3.63, 3.8) is 0 Å². The SMILES string of the molecule is NC(=O)CCN1CCC(CO)CC1. The number of amides is 1. The van der Waals surface area contributed by atoms with Gasteiger partial charge >= 0.3 is 0 Å². The van der Waals surface area contributed by atoms with E-state index in [0.29, 0.717) is 18.9 Å². The quantitative estimate of drug-likeness (QED) is 0.626. The summed E-state index contributed by atoms with van der Waals surface area (Å²) in [5.74, 6) is 0.231. The molecule has 4 heteroatoms. The van der Waals surface area contributed by atoms with Crippen LogP contribution in [0, 0.1) is 5.92 Å². The van der Waals surface area contributed by atoms with Gasteiger partial charge in [0.2, 0.25) is 5.91 Å². The Kier molecular flexibility index (Phi) is 4.18. The van der Waals surface area contributed by atoms with E-state index in [1.807, 2.05) is 0 Å². The number of carbonyl (C=O) groups excluding carboxylic acids is 1. The van der Waals surface area contributed by atoms with Crippen LogP contribution in [0.4, 0.5) is 0 Å². The highest BCUT2D eigenvalue weighted by atomic mass is 16.3. The molecule has 0 aromatic carbocycles. The average molecular weight is 186 g/mol. The molecule has 13 heavy (non-hydrogen) atoms. The molecule has 3 N–H and O–H groups in total. The number of hydrogen-bond donors (Lipinski definition) is 2. The van der Waals surface area contributed by atoms with Crippen LogP contribution in [0.3, 0.4) is 0 Å². The number of rotatable bonds is 4. The third-order valence-electron chi connectivity index (χ3n) is 2.64. The third-order valence-corrected chi connectivity index (χ3v) is 2.64. The smallest absolute Gasteiger partial charge is 0.218 e. The zero-order chi connectivity index (χ0) is 9.68. The van der Waals surface area contributed by atoms with E-state index in [9.17, 15) is 4.79 Å². The minimum Gasteiger partial charge on any atom is -0.396 e. The van der Waals surface area contributed by atoms with Gasteiger partial charge in [-0.05, 0) is 31.8 Å². The van der Waals surface area contributed by atoms with Gasteiger partial charge in [0.25, 0.3) is 0 Å². The van der Waals surface area contributed by atoms with E-state index in [4.69, 9.17) is 10.8 Å². The first-order chi connectivity index (χ1) is 6.22. The van der Waals surface area contributed by atoms with Crippen LogP contribution in [0.5, 0.6) is 0 Å². The molecule has 1 amide bonds. The molecule has 1 saturated heterocycles. The first-order valence-electron chi connectivity index (χ1n) is 4.84. The topological polar surface area (TPSA) is 66.6 Å². The van der Waals surface area contributed by atoms with Crippen molar-refractivity contribution in [1.82, 2.24) is 4.90 Å². The summed E-state index contributed by atoms with van der Waals surface area (Å²) in [7, 11) is 0. The molecule has 0 aromatic heterocycles. The van der Waals surface area contributed by atoms with Crippen LogP contribution in [-0.4, -0.2) is 42.2 Å². The van der Waals surface area contributed by atoms with Crippen LogP contribution in [0.2, 0.25) is 0 Å². The number of nitrogens with two attached hydrogens (primary N) is 1. The maximum absolute atomic E-state index is 10.5. The first kappa shape index (κ1) is 10.5. The van der Waals surface area contributed by atoms with E-state index >= 15 is 0 Å². The maximum Gasteiger partial charge on any atom is 0.218 e. The van der Waals surface area contributed by atoms with E-state index in [1.165, 1.54) is 0 Å². The summed E-state index contributed by atoms with van der Waals surface area (Å²) in [5, 5.41) is 8.90. The van der Waals surface area contributed by atoms with Crippen molar-refractivity contribution in [2.45, 2.75) is 19.3 Å². The molecular weight excluding hydrogens is 168 g/mol. The number of hydrogen-bond acceptors (Lipinski definition) is 3. The van der Waals surface area contributed by atoms with Gasteiger partial charge in [-0.3, -0.25) is 4.79 Å². The zero-order valence-corrected chi connectivity index (χ0v) is 7.91. The fraction of sp³-hybridized carbons (Fsp3) is 0.889. The van der Waals surface area contributed by atoms with Crippen LogP contribution >= 0.6 is 0 Å². The number of likely N-dealkylation sites (tertiary alicyclic amines) is 1. The third kappa shape index (κ3) is 3.74. The largest absolute Gasteiger partial charge is 0.396 e. The minimum absolute atomic E-state index is 0.232. The van der Waals surface area contributed by atoms with Crippen LogP contribution in [-0.2, 0) is 4.79 Å². The lowest BCUT2D eigenvalue weighted by Gasteiger charge is -2.30. The first-order valence-corrected chi connectivity index (χ1v) is 4.84. The molecule has 4 nitrogen and oxygen atoms in total. The lowest BCUT2D eigenvalue weighted by molar-refractivity contribution is -0.118. The number of piperidine rings is 1. The molecule has 0 atom stereocenters.